The number of halogens is 3. The van der Waals surface area contributed by atoms with E-state index in [1.54, 1.807) is 0 Å². The van der Waals surface area contributed by atoms with Gasteiger partial charge in [0.2, 0.25) is 0 Å². The molecule has 1 amide bonds. The van der Waals surface area contributed by atoms with Gasteiger partial charge in [0.15, 0.2) is 5.13 Å². The molecule has 0 atom stereocenters. The van der Waals surface area contributed by atoms with Crippen LogP contribution < -0.4 is 4.90 Å². The van der Waals surface area contributed by atoms with Gasteiger partial charge in [-0.2, -0.15) is 13.2 Å². The minimum absolute atomic E-state index is 0.175. The number of nitrogens with zero attached hydrogens (tertiary/aromatic N) is 2. The van der Waals surface area contributed by atoms with Crippen molar-refractivity contribution in [2.45, 2.75) is 19.6 Å². The van der Waals surface area contributed by atoms with Crippen molar-refractivity contribution >= 4 is 32.6 Å². The quantitative estimate of drug-likeness (QED) is 0.375. The first kappa shape index (κ1) is 20.1. The summed E-state index contributed by atoms with van der Waals surface area (Å²) in [5.74, 6) is -0.400. The number of benzene rings is 3. The maximum Gasteiger partial charge on any atom is 0.416 e. The van der Waals surface area contributed by atoms with E-state index in [2.05, 4.69) is 4.98 Å². The second-order valence-corrected chi connectivity index (χ2v) is 7.93. The Balaban J connectivity index is 1.73. The summed E-state index contributed by atoms with van der Waals surface area (Å²) in [6.45, 7) is 2.24. The van der Waals surface area contributed by atoms with Crippen LogP contribution >= 0.6 is 11.3 Å². The number of hydrogen-bond donors (Lipinski definition) is 0. The molecule has 7 heteroatoms. The summed E-state index contributed by atoms with van der Waals surface area (Å²) in [7, 11) is 0. The van der Waals surface area contributed by atoms with Gasteiger partial charge in [-0.1, -0.05) is 47.7 Å². The first-order valence-electron chi connectivity index (χ1n) is 9.21. The van der Waals surface area contributed by atoms with Crippen molar-refractivity contribution in [3.05, 3.63) is 95.1 Å². The van der Waals surface area contributed by atoms with E-state index in [9.17, 15) is 18.0 Å². The van der Waals surface area contributed by atoms with E-state index in [-0.39, 0.29) is 12.1 Å². The average Bonchev–Trinajstić information content (AvgIpc) is 3.14. The van der Waals surface area contributed by atoms with E-state index >= 15 is 0 Å². The highest BCUT2D eigenvalue weighted by atomic mass is 32.1. The van der Waals surface area contributed by atoms with E-state index < -0.39 is 17.6 Å². The number of carbonyl (C=O) groups excluding carboxylic acids is 1. The highest BCUT2D eigenvalue weighted by Gasteiger charge is 2.30. The molecule has 1 heterocycles. The highest BCUT2D eigenvalue weighted by Crippen LogP contribution is 2.32. The fourth-order valence-corrected chi connectivity index (χ4v) is 4.15. The zero-order valence-corrected chi connectivity index (χ0v) is 16.8. The number of thiazole rings is 1. The summed E-state index contributed by atoms with van der Waals surface area (Å²) >= 11 is 1.38. The highest BCUT2D eigenvalue weighted by molar-refractivity contribution is 7.22. The number of fused-ring (bicyclic) bond motifs is 1. The maximum absolute atomic E-state index is 13.3. The predicted molar refractivity (Wildman–Crippen MR) is 113 cm³/mol. The van der Waals surface area contributed by atoms with Gasteiger partial charge >= 0.3 is 6.18 Å². The molecule has 1 aromatic heterocycles. The number of amides is 1. The molecule has 0 bridgehead atoms. The summed E-state index contributed by atoms with van der Waals surface area (Å²) in [5.41, 5.74) is 2.15. The summed E-state index contributed by atoms with van der Waals surface area (Å²) in [5, 5.41) is 0.504. The van der Waals surface area contributed by atoms with Gasteiger partial charge in [-0.3, -0.25) is 9.69 Å². The number of rotatable bonds is 4. The van der Waals surface area contributed by atoms with E-state index in [0.717, 1.165) is 33.5 Å². The Labute approximate surface area is 175 Å². The maximum atomic E-state index is 13.3. The monoisotopic (exact) mass is 426 g/mol. The molecule has 0 radical (unpaired) electrons. The summed E-state index contributed by atoms with van der Waals surface area (Å²) < 4.78 is 39.6. The molecular formula is C23H17F3N2OS. The second kappa shape index (κ2) is 7.91. The van der Waals surface area contributed by atoms with E-state index in [1.807, 2.05) is 55.5 Å². The topological polar surface area (TPSA) is 33.2 Å². The molecule has 0 unspecified atom stereocenters. The van der Waals surface area contributed by atoms with Crippen LogP contribution in [-0.4, -0.2) is 10.9 Å². The van der Waals surface area contributed by atoms with Crippen molar-refractivity contribution in [2.75, 3.05) is 4.90 Å². The van der Waals surface area contributed by atoms with Gasteiger partial charge in [0.1, 0.15) is 0 Å². The van der Waals surface area contributed by atoms with Gasteiger partial charge in [-0.05, 0) is 54.4 Å². The molecule has 0 aliphatic heterocycles. The Bertz CT molecular complexity index is 1180. The van der Waals surface area contributed by atoms with Crippen LogP contribution in [0.25, 0.3) is 10.2 Å². The van der Waals surface area contributed by atoms with Crippen LogP contribution in [0.15, 0.2) is 72.8 Å². The zero-order chi connectivity index (χ0) is 21.3. The number of aromatic nitrogens is 1. The Hall–Kier alpha value is -3.19. The summed E-state index contributed by atoms with van der Waals surface area (Å²) in [6.07, 6.45) is -4.45. The lowest BCUT2D eigenvalue weighted by molar-refractivity contribution is -0.137. The van der Waals surface area contributed by atoms with E-state index in [4.69, 9.17) is 0 Å². The Morgan fingerprint density at radius 1 is 1.00 bits per heavy atom. The Morgan fingerprint density at radius 2 is 1.70 bits per heavy atom. The van der Waals surface area contributed by atoms with Gasteiger partial charge < -0.3 is 0 Å². The third-order valence-corrected chi connectivity index (χ3v) is 5.69. The number of anilines is 1. The third-order valence-electron chi connectivity index (χ3n) is 4.65. The molecular weight excluding hydrogens is 409 g/mol. The second-order valence-electron chi connectivity index (χ2n) is 6.92. The van der Waals surface area contributed by atoms with Crippen LogP contribution in [0.3, 0.4) is 0 Å². The molecule has 0 spiro atoms. The molecule has 4 aromatic rings. The van der Waals surface area contributed by atoms with Gasteiger partial charge in [-0.25, -0.2) is 4.98 Å². The van der Waals surface area contributed by atoms with Crippen molar-refractivity contribution in [2.24, 2.45) is 0 Å². The SMILES string of the molecule is Cc1ccc2nc(N(Cc3ccccc3)C(=O)c3ccc(C(F)(F)F)cc3)sc2c1. The lowest BCUT2D eigenvalue weighted by atomic mass is 10.1. The molecule has 0 saturated heterocycles. The zero-order valence-electron chi connectivity index (χ0n) is 16.0. The molecule has 30 heavy (non-hydrogen) atoms. The number of aryl methyl sites for hydroxylation is 1. The van der Waals surface area contributed by atoms with Gasteiger partial charge in [-0.15, -0.1) is 0 Å². The van der Waals surface area contributed by atoms with Crippen LogP contribution in [0.1, 0.15) is 27.0 Å². The molecule has 0 aliphatic rings. The Morgan fingerprint density at radius 3 is 2.37 bits per heavy atom. The van der Waals surface area contributed by atoms with Gasteiger partial charge in [0.25, 0.3) is 5.91 Å². The molecule has 0 aliphatic carbocycles. The van der Waals surface area contributed by atoms with Gasteiger partial charge in [0.05, 0.1) is 22.3 Å². The number of hydrogen-bond acceptors (Lipinski definition) is 3. The average molecular weight is 426 g/mol. The molecule has 152 valence electrons. The van der Waals surface area contributed by atoms with Crippen LogP contribution in [0.5, 0.6) is 0 Å². The van der Waals surface area contributed by atoms with Gasteiger partial charge in [0, 0.05) is 5.56 Å². The fourth-order valence-electron chi connectivity index (χ4n) is 3.09. The standard InChI is InChI=1S/C23H17F3N2OS/c1-15-7-12-19-20(13-15)30-22(27-19)28(14-16-5-3-2-4-6-16)21(29)17-8-10-18(11-9-17)23(24,25)26/h2-13H,14H2,1H3. The number of carbonyl (C=O) groups is 1. The molecule has 3 nitrogen and oxygen atoms in total. The third kappa shape index (κ3) is 4.21. The lowest BCUT2D eigenvalue weighted by Gasteiger charge is -2.20. The largest absolute Gasteiger partial charge is 0.416 e. The van der Waals surface area contributed by atoms with Crippen molar-refractivity contribution < 1.29 is 18.0 Å². The first-order valence-corrected chi connectivity index (χ1v) is 10.0. The van der Waals surface area contributed by atoms with Crippen LogP contribution in [0, 0.1) is 6.92 Å². The molecule has 0 fully saturated rings. The predicted octanol–water partition coefficient (Wildman–Crippen LogP) is 6.47. The van der Waals surface area contributed by atoms with Crippen LogP contribution in [-0.2, 0) is 12.7 Å². The van der Waals surface area contributed by atoms with E-state index in [1.165, 1.54) is 28.4 Å². The van der Waals surface area contributed by atoms with E-state index in [0.29, 0.717) is 5.13 Å². The summed E-state index contributed by atoms with van der Waals surface area (Å²) in [4.78, 5) is 19.4. The van der Waals surface area contributed by atoms with Crippen molar-refractivity contribution in [3.63, 3.8) is 0 Å². The molecule has 0 N–H and O–H groups in total. The summed E-state index contributed by atoms with van der Waals surface area (Å²) in [6, 6.07) is 19.5. The first-order chi connectivity index (χ1) is 14.3. The minimum atomic E-state index is -4.45. The molecule has 4 rings (SSSR count). The smallest absolute Gasteiger partial charge is 0.279 e. The van der Waals surface area contributed by atoms with Crippen LogP contribution in [0.2, 0.25) is 0 Å². The number of alkyl halides is 3. The lowest BCUT2D eigenvalue weighted by Crippen LogP contribution is -2.30. The van der Waals surface area contributed by atoms with Crippen molar-refractivity contribution in [1.29, 1.82) is 0 Å². The normalized spacial score (nSPS) is 11.6. The molecule has 3 aromatic carbocycles. The van der Waals surface area contributed by atoms with Crippen molar-refractivity contribution in [3.8, 4) is 0 Å². The Kier molecular flexibility index (Phi) is 5.30. The fraction of sp³-hybridized carbons (Fsp3) is 0.130. The molecule has 0 saturated carbocycles. The van der Waals surface area contributed by atoms with Crippen molar-refractivity contribution in [1.82, 2.24) is 4.98 Å². The minimum Gasteiger partial charge on any atom is -0.279 e. The van der Waals surface area contributed by atoms with Crippen LogP contribution in [0.4, 0.5) is 18.3 Å².